The number of phenols is 1. The molecule has 0 amide bonds. The maximum absolute atomic E-state index is 9.14. The lowest BCUT2D eigenvalue weighted by Gasteiger charge is -2.11. The molecule has 3 nitrogen and oxygen atoms in total. The fourth-order valence-electron chi connectivity index (χ4n) is 1.13. The second kappa shape index (κ2) is 3.56. The third-order valence-electron chi connectivity index (χ3n) is 1.86. The Morgan fingerprint density at radius 1 is 1.50 bits per heavy atom. The summed E-state index contributed by atoms with van der Waals surface area (Å²) in [5.74, 6) is 0.180. The molecule has 0 aliphatic heterocycles. The van der Waals surface area contributed by atoms with Gasteiger partial charge in [0.15, 0.2) is 0 Å². The topological polar surface area (TPSA) is 66.5 Å². The van der Waals surface area contributed by atoms with Crippen molar-refractivity contribution in [3.8, 4) is 5.75 Å². The predicted octanol–water partition coefficient (Wildman–Crippen LogP) is 0.693. The van der Waals surface area contributed by atoms with E-state index in [-0.39, 0.29) is 12.4 Å². The summed E-state index contributed by atoms with van der Waals surface area (Å²) in [7, 11) is 0. The SMILES string of the molecule is Cc1ccc(O)cc1[C@@H](N)CO. The monoisotopic (exact) mass is 167 g/mol. The average Bonchev–Trinajstić information content (AvgIpc) is 2.08. The predicted molar refractivity (Wildman–Crippen MR) is 46.9 cm³/mol. The largest absolute Gasteiger partial charge is 0.508 e. The van der Waals surface area contributed by atoms with Crippen LogP contribution in [0.4, 0.5) is 0 Å². The van der Waals surface area contributed by atoms with Crippen LogP contribution in [0.5, 0.6) is 5.75 Å². The summed E-state index contributed by atoms with van der Waals surface area (Å²) < 4.78 is 0. The standard InChI is InChI=1S/C9H13NO2/c1-6-2-3-7(12)4-8(6)9(10)5-11/h2-4,9,11-12H,5,10H2,1H3/t9-/m0/s1. The molecule has 3 heteroatoms. The van der Waals surface area contributed by atoms with E-state index in [1.807, 2.05) is 6.92 Å². The van der Waals surface area contributed by atoms with Crippen LogP contribution in [0.3, 0.4) is 0 Å². The number of rotatable bonds is 2. The molecule has 0 aliphatic carbocycles. The van der Waals surface area contributed by atoms with E-state index >= 15 is 0 Å². The van der Waals surface area contributed by atoms with Gasteiger partial charge in [0.2, 0.25) is 0 Å². The molecule has 12 heavy (non-hydrogen) atoms. The molecular formula is C9H13NO2. The van der Waals surface area contributed by atoms with Crippen LogP contribution in [-0.2, 0) is 0 Å². The zero-order valence-electron chi connectivity index (χ0n) is 6.99. The number of phenolic OH excluding ortho intramolecular Hbond substituents is 1. The molecule has 1 rings (SSSR count). The van der Waals surface area contributed by atoms with Crippen molar-refractivity contribution in [2.24, 2.45) is 5.73 Å². The van der Waals surface area contributed by atoms with Crippen molar-refractivity contribution in [1.29, 1.82) is 0 Å². The second-order valence-electron chi connectivity index (χ2n) is 2.83. The minimum Gasteiger partial charge on any atom is -0.508 e. The first-order valence-electron chi connectivity index (χ1n) is 3.81. The molecule has 0 aliphatic rings. The summed E-state index contributed by atoms with van der Waals surface area (Å²) in [6.45, 7) is 1.79. The van der Waals surface area contributed by atoms with Crippen LogP contribution < -0.4 is 5.73 Å². The second-order valence-corrected chi connectivity index (χ2v) is 2.83. The van der Waals surface area contributed by atoms with E-state index in [0.717, 1.165) is 11.1 Å². The number of aromatic hydroxyl groups is 1. The highest BCUT2D eigenvalue weighted by molar-refractivity contribution is 5.35. The lowest BCUT2D eigenvalue weighted by molar-refractivity contribution is 0.267. The van der Waals surface area contributed by atoms with Crippen LogP contribution in [-0.4, -0.2) is 16.8 Å². The number of hydrogen-bond acceptors (Lipinski definition) is 3. The summed E-state index contributed by atoms with van der Waals surface area (Å²) in [6.07, 6.45) is 0. The molecule has 0 fully saturated rings. The Hall–Kier alpha value is -1.06. The first-order valence-corrected chi connectivity index (χ1v) is 3.81. The molecule has 0 radical (unpaired) electrons. The van der Waals surface area contributed by atoms with E-state index in [1.165, 1.54) is 0 Å². The first-order chi connectivity index (χ1) is 5.65. The van der Waals surface area contributed by atoms with Gasteiger partial charge in [0.05, 0.1) is 12.6 Å². The van der Waals surface area contributed by atoms with Crippen molar-refractivity contribution >= 4 is 0 Å². The zero-order chi connectivity index (χ0) is 9.14. The van der Waals surface area contributed by atoms with Crippen molar-refractivity contribution in [2.75, 3.05) is 6.61 Å². The van der Waals surface area contributed by atoms with E-state index < -0.39 is 6.04 Å². The Bertz CT molecular complexity index is 273. The van der Waals surface area contributed by atoms with E-state index in [0.29, 0.717) is 0 Å². The van der Waals surface area contributed by atoms with Gasteiger partial charge in [-0.05, 0) is 30.2 Å². The summed E-state index contributed by atoms with van der Waals surface area (Å²) >= 11 is 0. The van der Waals surface area contributed by atoms with E-state index in [2.05, 4.69) is 0 Å². The van der Waals surface area contributed by atoms with Crippen molar-refractivity contribution in [3.63, 3.8) is 0 Å². The molecule has 0 spiro atoms. The normalized spacial score (nSPS) is 12.9. The maximum Gasteiger partial charge on any atom is 0.115 e. The van der Waals surface area contributed by atoms with E-state index in [4.69, 9.17) is 15.9 Å². The van der Waals surface area contributed by atoms with Gasteiger partial charge in [0.1, 0.15) is 5.75 Å². The van der Waals surface area contributed by atoms with Crippen LogP contribution in [0, 0.1) is 6.92 Å². The number of nitrogens with two attached hydrogens (primary N) is 1. The molecule has 0 aromatic heterocycles. The van der Waals surface area contributed by atoms with Gasteiger partial charge in [-0.3, -0.25) is 0 Å². The van der Waals surface area contributed by atoms with Crippen LogP contribution >= 0.6 is 0 Å². The van der Waals surface area contributed by atoms with Gasteiger partial charge >= 0.3 is 0 Å². The van der Waals surface area contributed by atoms with Gasteiger partial charge in [-0.2, -0.15) is 0 Å². The van der Waals surface area contributed by atoms with Gasteiger partial charge in [-0.25, -0.2) is 0 Å². The molecule has 4 N–H and O–H groups in total. The lowest BCUT2D eigenvalue weighted by Crippen LogP contribution is -2.15. The average molecular weight is 167 g/mol. The number of aliphatic hydroxyl groups excluding tert-OH is 1. The fraction of sp³-hybridized carbons (Fsp3) is 0.333. The van der Waals surface area contributed by atoms with Crippen LogP contribution in [0.2, 0.25) is 0 Å². The summed E-state index contributed by atoms with van der Waals surface area (Å²) in [5.41, 5.74) is 7.37. The fourth-order valence-corrected chi connectivity index (χ4v) is 1.13. The van der Waals surface area contributed by atoms with E-state index in [9.17, 15) is 0 Å². The molecular weight excluding hydrogens is 154 g/mol. The van der Waals surface area contributed by atoms with Gasteiger partial charge in [0, 0.05) is 0 Å². The molecule has 1 aromatic rings. The highest BCUT2D eigenvalue weighted by Crippen LogP contribution is 2.20. The van der Waals surface area contributed by atoms with Crippen molar-refractivity contribution < 1.29 is 10.2 Å². The third-order valence-corrected chi connectivity index (χ3v) is 1.86. The minimum absolute atomic E-state index is 0.107. The van der Waals surface area contributed by atoms with Crippen LogP contribution in [0.1, 0.15) is 17.2 Å². The van der Waals surface area contributed by atoms with E-state index in [1.54, 1.807) is 18.2 Å². The van der Waals surface area contributed by atoms with Crippen LogP contribution in [0.25, 0.3) is 0 Å². The minimum atomic E-state index is -0.405. The molecule has 0 bridgehead atoms. The van der Waals surface area contributed by atoms with Crippen molar-refractivity contribution in [1.82, 2.24) is 0 Å². The molecule has 1 atom stereocenters. The summed E-state index contributed by atoms with van der Waals surface area (Å²) in [5, 5.41) is 17.9. The maximum atomic E-state index is 9.14. The van der Waals surface area contributed by atoms with Crippen molar-refractivity contribution in [2.45, 2.75) is 13.0 Å². The zero-order valence-corrected chi connectivity index (χ0v) is 6.99. The number of hydrogen-bond donors (Lipinski definition) is 3. The molecule has 66 valence electrons. The Labute approximate surface area is 71.5 Å². The quantitative estimate of drug-likeness (QED) is 0.607. The molecule has 0 heterocycles. The molecule has 0 saturated heterocycles. The van der Waals surface area contributed by atoms with Gasteiger partial charge in [-0.1, -0.05) is 6.07 Å². The Morgan fingerprint density at radius 2 is 2.17 bits per heavy atom. The molecule has 0 unspecified atom stereocenters. The smallest absolute Gasteiger partial charge is 0.115 e. The number of aryl methyl sites for hydroxylation is 1. The van der Waals surface area contributed by atoms with Gasteiger partial charge < -0.3 is 15.9 Å². The van der Waals surface area contributed by atoms with Gasteiger partial charge in [-0.15, -0.1) is 0 Å². The third kappa shape index (κ3) is 1.75. The number of benzene rings is 1. The van der Waals surface area contributed by atoms with Gasteiger partial charge in [0.25, 0.3) is 0 Å². The lowest BCUT2D eigenvalue weighted by atomic mass is 10.0. The molecule has 0 saturated carbocycles. The molecule has 1 aromatic carbocycles. The summed E-state index contributed by atoms with van der Waals surface area (Å²) in [4.78, 5) is 0. The van der Waals surface area contributed by atoms with Crippen molar-refractivity contribution in [3.05, 3.63) is 29.3 Å². The highest BCUT2D eigenvalue weighted by Gasteiger charge is 2.07. The number of aliphatic hydroxyl groups is 1. The Kier molecular flexibility index (Phi) is 2.68. The van der Waals surface area contributed by atoms with Crippen LogP contribution in [0.15, 0.2) is 18.2 Å². The highest BCUT2D eigenvalue weighted by atomic mass is 16.3. The Balaban J connectivity index is 3.04. The summed E-state index contributed by atoms with van der Waals surface area (Å²) in [6, 6.07) is 4.55. The first kappa shape index (κ1) is 9.03. The Morgan fingerprint density at radius 3 is 2.75 bits per heavy atom.